The Hall–Kier alpha value is -1.35. The van der Waals surface area contributed by atoms with Crippen molar-refractivity contribution in [2.24, 2.45) is 5.73 Å². The van der Waals surface area contributed by atoms with Crippen LogP contribution >= 0.6 is 0 Å². The van der Waals surface area contributed by atoms with Gasteiger partial charge in [0.15, 0.2) is 0 Å². The maximum absolute atomic E-state index is 5.71. The zero-order chi connectivity index (χ0) is 9.97. The molecule has 3 nitrogen and oxygen atoms in total. The van der Waals surface area contributed by atoms with Crippen LogP contribution in [0.25, 0.3) is 11.0 Å². The Balaban J connectivity index is 2.17. The van der Waals surface area contributed by atoms with E-state index in [0.29, 0.717) is 0 Å². The molecule has 3 heteroatoms. The molecule has 0 spiro atoms. The van der Waals surface area contributed by atoms with Crippen LogP contribution in [0.15, 0.2) is 24.5 Å². The number of imidazole rings is 1. The van der Waals surface area contributed by atoms with Crippen LogP contribution in [0, 0.1) is 0 Å². The van der Waals surface area contributed by atoms with Gasteiger partial charge in [0.05, 0.1) is 17.4 Å². The predicted molar refractivity (Wildman–Crippen MR) is 58.1 cm³/mol. The van der Waals surface area contributed by atoms with Crippen molar-refractivity contribution in [1.29, 1.82) is 0 Å². The summed E-state index contributed by atoms with van der Waals surface area (Å²) < 4.78 is 0. The molecule has 14 heavy (non-hydrogen) atoms. The molecule has 0 aliphatic heterocycles. The van der Waals surface area contributed by atoms with E-state index in [0.717, 1.165) is 23.9 Å². The highest BCUT2D eigenvalue weighted by molar-refractivity contribution is 5.74. The number of nitrogens with one attached hydrogen (secondary N) is 1. The van der Waals surface area contributed by atoms with Gasteiger partial charge in [-0.05, 0) is 37.5 Å². The average molecular weight is 189 g/mol. The van der Waals surface area contributed by atoms with Crippen molar-refractivity contribution in [1.82, 2.24) is 9.97 Å². The number of hydrogen-bond donors (Lipinski definition) is 2. The minimum absolute atomic E-state index is 0.271. The molecular weight excluding hydrogens is 174 g/mol. The van der Waals surface area contributed by atoms with Gasteiger partial charge >= 0.3 is 0 Å². The number of aryl methyl sites for hydroxylation is 1. The molecular formula is C11H15N3. The smallest absolute Gasteiger partial charge is 0.0931 e. The summed E-state index contributed by atoms with van der Waals surface area (Å²) in [5.74, 6) is 0. The van der Waals surface area contributed by atoms with Crippen molar-refractivity contribution in [2.75, 3.05) is 0 Å². The van der Waals surface area contributed by atoms with Crippen LogP contribution in [0.1, 0.15) is 18.9 Å². The third-order valence-corrected chi connectivity index (χ3v) is 2.37. The Morgan fingerprint density at radius 2 is 2.36 bits per heavy atom. The van der Waals surface area contributed by atoms with E-state index in [1.54, 1.807) is 6.33 Å². The van der Waals surface area contributed by atoms with Gasteiger partial charge in [-0.1, -0.05) is 6.07 Å². The molecule has 74 valence electrons. The number of nitrogens with two attached hydrogens (primary N) is 1. The van der Waals surface area contributed by atoms with E-state index >= 15 is 0 Å². The molecule has 0 unspecified atom stereocenters. The van der Waals surface area contributed by atoms with E-state index in [4.69, 9.17) is 5.73 Å². The second-order valence-electron chi connectivity index (χ2n) is 3.77. The normalized spacial score (nSPS) is 13.3. The Labute approximate surface area is 83.3 Å². The van der Waals surface area contributed by atoms with Crippen molar-refractivity contribution in [3.8, 4) is 0 Å². The van der Waals surface area contributed by atoms with Crippen molar-refractivity contribution >= 4 is 11.0 Å². The van der Waals surface area contributed by atoms with E-state index in [1.807, 2.05) is 13.0 Å². The number of aromatic amines is 1. The Morgan fingerprint density at radius 3 is 3.14 bits per heavy atom. The summed E-state index contributed by atoms with van der Waals surface area (Å²) in [6, 6.07) is 6.57. The SMILES string of the molecule is C[C@@H](N)CCc1ccc2nc[nH]c2c1. The molecule has 0 saturated carbocycles. The second kappa shape index (κ2) is 3.80. The quantitative estimate of drug-likeness (QED) is 0.774. The molecule has 0 amide bonds. The monoisotopic (exact) mass is 189 g/mol. The van der Waals surface area contributed by atoms with Gasteiger partial charge in [-0.2, -0.15) is 0 Å². The van der Waals surface area contributed by atoms with Crippen LogP contribution in [0.3, 0.4) is 0 Å². The van der Waals surface area contributed by atoms with E-state index in [9.17, 15) is 0 Å². The van der Waals surface area contributed by atoms with Crippen molar-refractivity contribution in [2.45, 2.75) is 25.8 Å². The van der Waals surface area contributed by atoms with Crippen LogP contribution in [0.5, 0.6) is 0 Å². The molecule has 0 fully saturated rings. The van der Waals surface area contributed by atoms with Gasteiger partial charge in [-0.15, -0.1) is 0 Å². The Morgan fingerprint density at radius 1 is 1.50 bits per heavy atom. The van der Waals surface area contributed by atoms with E-state index in [2.05, 4.69) is 22.1 Å². The number of hydrogen-bond acceptors (Lipinski definition) is 2. The lowest BCUT2D eigenvalue weighted by Gasteiger charge is -2.04. The first kappa shape index (κ1) is 9.21. The highest BCUT2D eigenvalue weighted by atomic mass is 14.9. The van der Waals surface area contributed by atoms with Crippen LogP contribution in [0.2, 0.25) is 0 Å². The number of fused-ring (bicyclic) bond motifs is 1. The summed E-state index contributed by atoms with van der Waals surface area (Å²) in [4.78, 5) is 7.28. The third kappa shape index (κ3) is 1.93. The molecule has 0 aliphatic carbocycles. The topological polar surface area (TPSA) is 54.7 Å². The Kier molecular flexibility index (Phi) is 2.50. The number of rotatable bonds is 3. The standard InChI is InChI=1S/C11H15N3/c1-8(12)2-3-9-4-5-10-11(6-9)14-7-13-10/h4-8H,2-3,12H2,1H3,(H,13,14)/t8-/m1/s1. The molecule has 0 aliphatic rings. The van der Waals surface area contributed by atoms with Gasteiger partial charge in [-0.3, -0.25) is 0 Å². The predicted octanol–water partition coefficient (Wildman–Crippen LogP) is 1.84. The van der Waals surface area contributed by atoms with Gasteiger partial charge in [0, 0.05) is 6.04 Å². The molecule has 1 atom stereocenters. The first-order chi connectivity index (χ1) is 6.75. The van der Waals surface area contributed by atoms with Crippen molar-refractivity contribution in [3.05, 3.63) is 30.1 Å². The van der Waals surface area contributed by atoms with Gasteiger partial charge in [-0.25, -0.2) is 4.98 Å². The molecule has 0 radical (unpaired) electrons. The van der Waals surface area contributed by atoms with Crippen LogP contribution in [-0.2, 0) is 6.42 Å². The molecule has 1 aromatic heterocycles. The van der Waals surface area contributed by atoms with Crippen molar-refractivity contribution < 1.29 is 0 Å². The van der Waals surface area contributed by atoms with E-state index in [1.165, 1.54) is 5.56 Å². The largest absolute Gasteiger partial charge is 0.345 e. The highest BCUT2D eigenvalue weighted by Gasteiger charge is 2.00. The molecule has 0 bridgehead atoms. The van der Waals surface area contributed by atoms with Crippen molar-refractivity contribution in [3.63, 3.8) is 0 Å². The summed E-state index contributed by atoms with van der Waals surface area (Å²) >= 11 is 0. The van der Waals surface area contributed by atoms with Gasteiger partial charge < -0.3 is 10.7 Å². The molecule has 1 heterocycles. The second-order valence-corrected chi connectivity index (χ2v) is 3.77. The van der Waals surface area contributed by atoms with Gasteiger partial charge in [0.25, 0.3) is 0 Å². The average Bonchev–Trinajstić information content (AvgIpc) is 2.61. The Bertz CT molecular complexity index is 417. The fourth-order valence-corrected chi connectivity index (χ4v) is 1.53. The fourth-order valence-electron chi connectivity index (χ4n) is 1.53. The zero-order valence-corrected chi connectivity index (χ0v) is 8.33. The van der Waals surface area contributed by atoms with Crippen LogP contribution < -0.4 is 5.73 Å². The van der Waals surface area contributed by atoms with Crippen LogP contribution in [-0.4, -0.2) is 16.0 Å². The fraction of sp³-hybridized carbons (Fsp3) is 0.364. The summed E-state index contributed by atoms with van der Waals surface area (Å²) in [6.45, 7) is 2.04. The lowest BCUT2D eigenvalue weighted by Crippen LogP contribution is -2.15. The minimum Gasteiger partial charge on any atom is -0.345 e. The summed E-state index contributed by atoms with van der Waals surface area (Å²) in [7, 11) is 0. The lowest BCUT2D eigenvalue weighted by atomic mass is 10.1. The lowest BCUT2D eigenvalue weighted by molar-refractivity contribution is 0.666. The highest BCUT2D eigenvalue weighted by Crippen LogP contribution is 2.13. The minimum atomic E-state index is 0.271. The molecule has 2 aromatic rings. The van der Waals surface area contributed by atoms with E-state index < -0.39 is 0 Å². The number of H-pyrrole nitrogens is 1. The van der Waals surface area contributed by atoms with E-state index in [-0.39, 0.29) is 6.04 Å². The molecule has 0 saturated heterocycles. The number of nitrogens with zero attached hydrogens (tertiary/aromatic N) is 1. The summed E-state index contributed by atoms with van der Waals surface area (Å²) in [6.07, 6.45) is 3.78. The van der Waals surface area contributed by atoms with Gasteiger partial charge in [0.2, 0.25) is 0 Å². The first-order valence-electron chi connectivity index (χ1n) is 4.93. The molecule has 2 rings (SSSR count). The first-order valence-corrected chi connectivity index (χ1v) is 4.93. The van der Waals surface area contributed by atoms with Crippen LogP contribution in [0.4, 0.5) is 0 Å². The number of benzene rings is 1. The zero-order valence-electron chi connectivity index (χ0n) is 8.33. The maximum atomic E-state index is 5.71. The third-order valence-electron chi connectivity index (χ3n) is 2.37. The number of aromatic nitrogens is 2. The maximum Gasteiger partial charge on any atom is 0.0931 e. The molecule has 1 aromatic carbocycles. The summed E-state index contributed by atoms with van der Waals surface area (Å²) in [5.41, 5.74) is 9.16. The molecule has 3 N–H and O–H groups in total. The van der Waals surface area contributed by atoms with Gasteiger partial charge in [0.1, 0.15) is 0 Å². The summed E-state index contributed by atoms with van der Waals surface area (Å²) in [5, 5.41) is 0.